The van der Waals surface area contributed by atoms with Crippen molar-refractivity contribution in [1.82, 2.24) is 8.94 Å². The van der Waals surface area contributed by atoms with E-state index in [-0.39, 0.29) is 5.56 Å². The van der Waals surface area contributed by atoms with Crippen LogP contribution in [0.15, 0.2) is 51.9 Å². The topological polar surface area (TPSA) is 34.9 Å². The van der Waals surface area contributed by atoms with Gasteiger partial charge in [0.2, 0.25) is 0 Å². The smallest absolute Gasteiger partial charge is 0.268 e. The molecule has 102 valence electrons. The van der Waals surface area contributed by atoms with Crippen molar-refractivity contribution in [3.05, 3.63) is 63.0 Å². The Morgan fingerprint density at radius 3 is 2.75 bits per heavy atom. The van der Waals surface area contributed by atoms with E-state index in [0.717, 1.165) is 34.1 Å². The van der Waals surface area contributed by atoms with Crippen LogP contribution in [0.2, 0.25) is 0 Å². The Balaban J connectivity index is 1.69. The summed E-state index contributed by atoms with van der Waals surface area (Å²) >= 11 is 4.88. The summed E-state index contributed by atoms with van der Waals surface area (Å²) in [6.45, 7) is 0.746. The zero-order valence-electron chi connectivity index (χ0n) is 10.8. The summed E-state index contributed by atoms with van der Waals surface area (Å²) in [5.41, 5.74) is 1.37. The summed E-state index contributed by atoms with van der Waals surface area (Å²) in [4.78, 5) is 17.2. The highest BCUT2D eigenvalue weighted by molar-refractivity contribution is 9.10. The maximum atomic E-state index is 12.1. The molecule has 5 heteroatoms. The predicted molar refractivity (Wildman–Crippen MR) is 86.3 cm³/mol. The second-order valence-electron chi connectivity index (χ2n) is 4.58. The molecule has 0 aliphatic rings. The molecular formula is C15H13BrN2OS. The summed E-state index contributed by atoms with van der Waals surface area (Å²) in [5.74, 6) is 0. The number of pyridine rings is 1. The van der Waals surface area contributed by atoms with Crippen LogP contribution >= 0.6 is 27.5 Å². The van der Waals surface area contributed by atoms with Crippen molar-refractivity contribution < 1.29 is 0 Å². The largest absolute Gasteiger partial charge is 0.270 e. The normalized spacial score (nSPS) is 11.1. The molecule has 1 aromatic carbocycles. The van der Waals surface area contributed by atoms with Crippen LogP contribution in [0.25, 0.3) is 10.2 Å². The van der Waals surface area contributed by atoms with Crippen LogP contribution < -0.4 is 5.56 Å². The molecule has 0 fully saturated rings. The van der Waals surface area contributed by atoms with Crippen LogP contribution in [-0.2, 0) is 13.0 Å². The second kappa shape index (κ2) is 5.89. The van der Waals surface area contributed by atoms with Gasteiger partial charge in [0, 0.05) is 17.2 Å². The maximum absolute atomic E-state index is 12.1. The lowest BCUT2D eigenvalue weighted by Crippen LogP contribution is -2.13. The molecule has 0 aliphatic carbocycles. The van der Waals surface area contributed by atoms with Crippen LogP contribution in [0.5, 0.6) is 0 Å². The van der Waals surface area contributed by atoms with Gasteiger partial charge < -0.3 is 0 Å². The first-order chi connectivity index (χ1) is 9.74. The van der Waals surface area contributed by atoms with Crippen molar-refractivity contribution in [2.45, 2.75) is 19.4 Å². The summed E-state index contributed by atoms with van der Waals surface area (Å²) < 4.78 is 2.89. The number of hydrogen-bond acceptors (Lipinski definition) is 3. The molecule has 0 atom stereocenters. The number of fused-ring (bicyclic) bond motifs is 1. The molecule has 0 saturated heterocycles. The zero-order valence-corrected chi connectivity index (χ0v) is 13.2. The van der Waals surface area contributed by atoms with Gasteiger partial charge in [-0.3, -0.25) is 8.75 Å². The third-order valence-corrected chi connectivity index (χ3v) is 4.76. The van der Waals surface area contributed by atoms with Crippen LogP contribution in [0, 0.1) is 0 Å². The lowest BCUT2D eigenvalue weighted by Gasteiger charge is -2.02. The maximum Gasteiger partial charge on any atom is 0.270 e. The molecule has 3 nitrogen and oxygen atoms in total. The molecule has 0 bridgehead atoms. The Bertz CT molecular complexity index is 776. The fraction of sp³-hybridized carbons (Fsp3) is 0.200. The predicted octanol–water partition coefficient (Wildman–Crippen LogP) is 3.85. The Labute approximate surface area is 129 Å². The van der Waals surface area contributed by atoms with Gasteiger partial charge in [-0.05, 0) is 54.2 Å². The quantitative estimate of drug-likeness (QED) is 0.717. The van der Waals surface area contributed by atoms with Crippen LogP contribution in [0.4, 0.5) is 0 Å². The second-order valence-corrected chi connectivity index (χ2v) is 6.51. The van der Waals surface area contributed by atoms with E-state index in [0.29, 0.717) is 0 Å². The van der Waals surface area contributed by atoms with E-state index in [9.17, 15) is 4.79 Å². The molecule has 2 heterocycles. The van der Waals surface area contributed by atoms with Crippen molar-refractivity contribution in [2.75, 3.05) is 0 Å². The zero-order chi connectivity index (χ0) is 13.9. The number of halogens is 1. The Morgan fingerprint density at radius 2 is 2.00 bits per heavy atom. The molecule has 0 radical (unpaired) electrons. The van der Waals surface area contributed by atoms with Crippen molar-refractivity contribution in [2.24, 2.45) is 0 Å². The lowest BCUT2D eigenvalue weighted by molar-refractivity contribution is 0.672. The molecule has 0 N–H and O–H groups in total. The molecule has 3 rings (SSSR count). The van der Waals surface area contributed by atoms with E-state index in [1.807, 2.05) is 24.3 Å². The van der Waals surface area contributed by atoms with Gasteiger partial charge in [-0.1, -0.05) is 28.1 Å². The Hall–Kier alpha value is -1.46. The summed E-state index contributed by atoms with van der Waals surface area (Å²) in [5, 5.41) is 0.723. The lowest BCUT2D eigenvalue weighted by atomic mass is 10.1. The van der Waals surface area contributed by atoms with Crippen LogP contribution in [-0.4, -0.2) is 8.94 Å². The number of aromatic nitrogens is 2. The van der Waals surface area contributed by atoms with Gasteiger partial charge >= 0.3 is 0 Å². The van der Waals surface area contributed by atoms with Gasteiger partial charge in [-0.25, -0.2) is 4.98 Å². The van der Waals surface area contributed by atoms with E-state index >= 15 is 0 Å². The van der Waals surface area contributed by atoms with E-state index in [1.54, 1.807) is 10.2 Å². The molecule has 0 spiro atoms. The van der Waals surface area contributed by atoms with Gasteiger partial charge in [-0.15, -0.1) is 0 Å². The number of nitrogens with zero attached hydrogens (tertiary/aromatic N) is 2. The molecular weight excluding hydrogens is 336 g/mol. The average Bonchev–Trinajstić information content (AvgIpc) is 2.78. The minimum atomic E-state index is 0.0777. The van der Waals surface area contributed by atoms with Crippen LogP contribution in [0.1, 0.15) is 12.0 Å². The van der Waals surface area contributed by atoms with Crippen molar-refractivity contribution in [3.63, 3.8) is 0 Å². The van der Waals surface area contributed by atoms with E-state index in [1.165, 1.54) is 17.1 Å². The first-order valence-corrected chi connectivity index (χ1v) is 8.00. The Kier molecular flexibility index (Phi) is 3.98. The molecule has 2 aromatic heterocycles. The first kappa shape index (κ1) is 13.5. The van der Waals surface area contributed by atoms with Gasteiger partial charge in [0.15, 0.2) is 0 Å². The minimum absolute atomic E-state index is 0.0777. The van der Waals surface area contributed by atoms with Gasteiger partial charge in [-0.2, -0.15) is 0 Å². The number of rotatable bonds is 4. The number of benzene rings is 1. The van der Waals surface area contributed by atoms with Crippen LogP contribution in [0.3, 0.4) is 0 Å². The fourth-order valence-electron chi connectivity index (χ4n) is 2.13. The Morgan fingerprint density at radius 1 is 1.20 bits per heavy atom. The standard InChI is InChI=1S/C15H13BrN2OS/c16-12-7-5-11(6-8-12)3-2-10-18-15(19)13-4-1-9-17-14(13)20-18/h1,4-9H,2-3,10H2. The highest BCUT2D eigenvalue weighted by Gasteiger charge is 2.07. The fourth-order valence-corrected chi connectivity index (χ4v) is 3.37. The van der Waals surface area contributed by atoms with Gasteiger partial charge in [0.1, 0.15) is 4.83 Å². The SMILES string of the molecule is O=c1c2cccnc2sn1CCCc1ccc(Br)cc1. The van der Waals surface area contributed by atoms with Gasteiger partial charge in [0.05, 0.1) is 5.39 Å². The van der Waals surface area contributed by atoms with E-state index in [2.05, 4.69) is 33.0 Å². The average molecular weight is 349 g/mol. The van der Waals surface area contributed by atoms with Crippen molar-refractivity contribution >= 4 is 37.7 Å². The third kappa shape index (κ3) is 2.83. The number of aryl methyl sites for hydroxylation is 2. The summed E-state index contributed by atoms with van der Waals surface area (Å²) in [6.07, 6.45) is 3.65. The molecule has 0 amide bonds. The molecule has 0 aliphatic heterocycles. The highest BCUT2D eigenvalue weighted by Crippen LogP contribution is 2.15. The van der Waals surface area contributed by atoms with Crippen molar-refractivity contribution in [1.29, 1.82) is 0 Å². The number of hydrogen-bond donors (Lipinski definition) is 0. The van der Waals surface area contributed by atoms with Crippen molar-refractivity contribution in [3.8, 4) is 0 Å². The highest BCUT2D eigenvalue weighted by atomic mass is 79.9. The van der Waals surface area contributed by atoms with E-state index in [4.69, 9.17) is 0 Å². The minimum Gasteiger partial charge on any atom is -0.268 e. The summed E-state index contributed by atoms with van der Waals surface area (Å²) in [7, 11) is 0. The monoisotopic (exact) mass is 348 g/mol. The third-order valence-electron chi connectivity index (χ3n) is 3.16. The summed E-state index contributed by atoms with van der Waals surface area (Å²) in [6, 6.07) is 12.0. The molecule has 3 aromatic rings. The first-order valence-electron chi connectivity index (χ1n) is 6.43. The molecule has 0 saturated carbocycles. The van der Waals surface area contributed by atoms with Gasteiger partial charge in [0.25, 0.3) is 5.56 Å². The molecule has 0 unspecified atom stereocenters. The molecule has 20 heavy (non-hydrogen) atoms. The van der Waals surface area contributed by atoms with E-state index < -0.39 is 0 Å².